The molecule has 0 aliphatic heterocycles. The van der Waals surface area contributed by atoms with Crippen molar-refractivity contribution in [3.63, 3.8) is 0 Å². The van der Waals surface area contributed by atoms with Crippen LogP contribution in [0.2, 0.25) is 0 Å². The minimum absolute atomic E-state index is 0.538. The van der Waals surface area contributed by atoms with Gasteiger partial charge in [-0.1, -0.05) is 0 Å². The van der Waals surface area contributed by atoms with Crippen molar-refractivity contribution in [1.82, 2.24) is 19.4 Å². The van der Waals surface area contributed by atoms with Gasteiger partial charge in [0.15, 0.2) is 17.2 Å². The monoisotopic (exact) mass is 294 g/mol. The van der Waals surface area contributed by atoms with Crippen molar-refractivity contribution in [2.24, 2.45) is 0 Å². The molecule has 0 saturated heterocycles. The molecule has 110 valence electrons. The first-order chi connectivity index (χ1) is 10.7. The van der Waals surface area contributed by atoms with Gasteiger partial charge >= 0.3 is 0 Å². The van der Waals surface area contributed by atoms with Crippen LogP contribution in [0.25, 0.3) is 28.3 Å². The minimum atomic E-state index is 0.538. The lowest BCUT2D eigenvalue weighted by molar-refractivity contribution is 0.399. The molecule has 0 saturated carbocycles. The van der Waals surface area contributed by atoms with Crippen LogP contribution in [-0.2, 0) is 0 Å². The van der Waals surface area contributed by atoms with E-state index in [0.29, 0.717) is 23.1 Å². The number of furan rings is 1. The third kappa shape index (κ3) is 1.70. The predicted molar refractivity (Wildman–Crippen MR) is 82.0 cm³/mol. The number of hydrogen-bond acceptors (Lipinski definition) is 5. The molecule has 4 rings (SSSR count). The first-order valence-electron chi connectivity index (χ1n) is 6.93. The van der Waals surface area contributed by atoms with Gasteiger partial charge in [0.25, 0.3) is 0 Å². The molecule has 22 heavy (non-hydrogen) atoms. The number of aromatic nitrogens is 4. The van der Waals surface area contributed by atoms with Gasteiger partial charge in [0.05, 0.1) is 30.3 Å². The molecule has 0 spiro atoms. The lowest BCUT2D eigenvalue weighted by Crippen LogP contribution is -2.00. The fourth-order valence-electron chi connectivity index (χ4n) is 2.75. The molecule has 0 amide bonds. The molecule has 0 aliphatic rings. The molecule has 4 heterocycles. The van der Waals surface area contributed by atoms with E-state index in [4.69, 9.17) is 9.15 Å². The van der Waals surface area contributed by atoms with Gasteiger partial charge < -0.3 is 9.15 Å². The first-order valence-corrected chi connectivity index (χ1v) is 6.93. The molecule has 0 aliphatic carbocycles. The maximum atomic E-state index is 5.52. The highest BCUT2D eigenvalue weighted by Crippen LogP contribution is 2.28. The van der Waals surface area contributed by atoms with E-state index in [0.717, 1.165) is 22.4 Å². The van der Waals surface area contributed by atoms with E-state index in [2.05, 4.69) is 15.0 Å². The normalized spacial score (nSPS) is 11.4. The highest BCUT2D eigenvalue weighted by molar-refractivity contribution is 5.80. The van der Waals surface area contributed by atoms with Crippen molar-refractivity contribution >= 4 is 16.7 Å². The van der Waals surface area contributed by atoms with Gasteiger partial charge in [0.1, 0.15) is 5.52 Å². The molecule has 0 bridgehead atoms. The number of ether oxygens (including phenoxy) is 1. The second kappa shape index (κ2) is 4.56. The molecule has 4 aromatic rings. The van der Waals surface area contributed by atoms with E-state index in [1.54, 1.807) is 19.4 Å². The SMILES string of the molecule is COc1ccc2nc(C)c3c(C)nc(-c4ccco4)n3c2n1. The second-order valence-corrected chi connectivity index (χ2v) is 5.08. The van der Waals surface area contributed by atoms with Gasteiger partial charge in [-0.3, -0.25) is 4.40 Å². The van der Waals surface area contributed by atoms with Crippen LogP contribution in [-0.4, -0.2) is 26.5 Å². The van der Waals surface area contributed by atoms with E-state index in [1.807, 2.05) is 36.4 Å². The largest absolute Gasteiger partial charge is 0.481 e. The summed E-state index contributed by atoms with van der Waals surface area (Å²) in [5.74, 6) is 1.95. The summed E-state index contributed by atoms with van der Waals surface area (Å²) in [4.78, 5) is 13.8. The van der Waals surface area contributed by atoms with Crippen LogP contribution in [0.5, 0.6) is 5.88 Å². The van der Waals surface area contributed by atoms with Crippen molar-refractivity contribution in [3.8, 4) is 17.5 Å². The summed E-state index contributed by atoms with van der Waals surface area (Å²) in [5, 5.41) is 0. The average molecular weight is 294 g/mol. The Balaban J connectivity index is 2.22. The molecule has 0 unspecified atom stereocenters. The summed E-state index contributed by atoms with van der Waals surface area (Å²) < 4.78 is 12.7. The summed E-state index contributed by atoms with van der Waals surface area (Å²) >= 11 is 0. The van der Waals surface area contributed by atoms with Gasteiger partial charge in [-0.25, -0.2) is 9.97 Å². The van der Waals surface area contributed by atoms with Crippen LogP contribution >= 0.6 is 0 Å². The molecule has 0 N–H and O–H groups in total. The lowest BCUT2D eigenvalue weighted by Gasteiger charge is -2.07. The van der Waals surface area contributed by atoms with Crippen LogP contribution in [0.15, 0.2) is 34.9 Å². The summed E-state index contributed by atoms with van der Waals surface area (Å²) in [6, 6.07) is 7.43. The lowest BCUT2D eigenvalue weighted by atomic mass is 10.3. The fraction of sp³-hybridized carbons (Fsp3) is 0.188. The third-order valence-corrected chi connectivity index (χ3v) is 3.67. The Morgan fingerprint density at radius 1 is 1.05 bits per heavy atom. The molecule has 6 heteroatoms. The van der Waals surface area contributed by atoms with Crippen LogP contribution in [0.3, 0.4) is 0 Å². The summed E-state index contributed by atoms with van der Waals surface area (Å²) in [6.07, 6.45) is 1.63. The van der Waals surface area contributed by atoms with Crippen molar-refractivity contribution in [2.75, 3.05) is 7.11 Å². The Bertz CT molecular complexity index is 987. The Morgan fingerprint density at radius 2 is 1.86 bits per heavy atom. The highest BCUT2D eigenvalue weighted by Gasteiger charge is 2.18. The van der Waals surface area contributed by atoms with E-state index in [-0.39, 0.29) is 0 Å². The van der Waals surface area contributed by atoms with Crippen molar-refractivity contribution < 1.29 is 9.15 Å². The quantitative estimate of drug-likeness (QED) is 0.568. The highest BCUT2D eigenvalue weighted by atomic mass is 16.5. The molecular weight excluding hydrogens is 280 g/mol. The van der Waals surface area contributed by atoms with Crippen LogP contribution < -0.4 is 4.74 Å². The summed E-state index contributed by atoms with van der Waals surface area (Å²) in [5.41, 5.74) is 4.23. The number of hydrogen-bond donors (Lipinski definition) is 0. The summed E-state index contributed by atoms with van der Waals surface area (Å²) in [6.45, 7) is 3.93. The van der Waals surface area contributed by atoms with Crippen LogP contribution in [0, 0.1) is 13.8 Å². The number of rotatable bonds is 2. The average Bonchev–Trinajstić information content (AvgIpc) is 3.15. The second-order valence-electron chi connectivity index (χ2n) is 5.08. The zero-order chi connectivity index (χ0) is 15.3. The molecule has 4 aromatic heterocycles. The maximum absolute atomic E-state index is 5.52. The third-order valence-electron chi connectivity index (χ3n) is 3.67. The zero-order valence-corrected chi connectivity index (χ0v) is 12.5. The number of fused-ring (bicyclic) bond motifs is 3. The molecule has 6 nitrogen and oxygen atoms in total. The van der Waals surface area contributed by atoms with Crippen LogP contribution in [0.4, 0.5) is 0 Å². The Kier molecular flexibility index (Phi) is 2.66. The number of pyridine rings is 1. The van der Waals surface area contributed by atoms with Gasteiger partial charge in [-0.15, -0.1) is 0 Å². The van der Waals surface area contributed by atoms with Crippen molar-refractivity contribution in [1.29, 1.82) is 0 Å². The number of imidazole rings is 1. The van der Waals surface area contributed by atoms with E-state index in [1.165, 1.54) is 0 Å². The minimum Gasteiger partial charge on any atom is -0.481 e. The Morgan fingerprint density at radius 3 is 2.59 bits per heavy atom. The number of nitrogens with zero attached hydrogens (tertiary/aromatic N) is 4. The van der Waals surface area contributed by atoms with E-state index in [9.17, 15) is 0 Å². The van der Waals surface area contributed by atoms with Crippen molar-refractivity contribution in [3.05, 3.63) is 41.9 Å². The van der Waals surface area contributed by atoms with Gasteiger partial charge in [-0.2, -0.15) is 4.98 Å². The van der Waals surface area contributed by atoms with E-state index < -0.39 is 0 Å². The topological polar surface area (TPSA) is 65.5 Å². The molecule has 0 aromatic carbocycles. The molecule has 0 radical (unpaired) electrons. The standard InChI is InChI=1S/C16H14N4O2/c1-9-14-10(2)18-16(12-5-4-8-22-12)20(14)15-11(17-9)6-7-13(19-15)21-3/h4-8H,1-3H3. The van der Waals surface area contributed by atoms with Crippen molar-refractivity contribution in [2.45, 2.75) is 13.8 Å². The zero-order valence-electron chi connectivity index (χ0n) is 12.5. The molecular formula is C16H14N4O2. The first kappa shape index (κ1) is 12.8. The van der Waals surface area contributed by atoms with E-state index >= 15 is 0 Å². The smallest absolute Gasteiger partial charge is 0.215 e. The van der Waals surface area contributed by atoms with Crippen LogP contribution in [0.1, 0.15) is 11.4 Å². The molecule has 0 atom stereocenters. The van der Waals surface area contributed by atoms with Gasteiger partial charge in [0, 0.05) is 6.07 Å². The Labute approximate surface area is 126 Å². The maximum Gasteiger partial charge on any atom is 0.215 e. The Hall–Kier alpha value is -2.89. The number of methoxy groups -OCH3 is 1. The summed E-state index contributed by atoms with van der Waals surface area (Å²) in [7, 11) is 1.60. The van der Waals surface area contributed by atoms with Gasteiger partial charge in [0.2, 0.25) is 5.88 Å². The molecule has 0 fully saturated rings. The van der Waals surface area contributed by atoms with Gasteiger partial charge in [-0.05, 0) is 32.0 Å². The number of aryl methyl sites for hydroxylation is 2. The fourth-order valence-corrected chi connectivity index (χ4v) is 2.75. The predicted octanol–water partition coefficient (Wildman–Crippen LogP) is 3.16.